The molecule has 0 radical (unpaired) electrons. The lowest BCUT2D eigenvalue weighted by molar-refractivity contribution is -0.137. The summed E-state index contributed by atoms with van der Waals surface area (Å²) >= 11 is 0. The fourth-order valence-electron chi connectivity index (χ4n) is 2.08. The third-order valence-electron chi connectivity index (χ3n) is 3.06. The Labute approximate surface area is 106 Å². The number of likely N-dealkylation sites (N-methyl/N-ethyl adjacent to an activating group) is 1. The summed E-state index contributed by atoms with van der Waals surface area (Å²) in [6, 6.07) is 2.78. The van der Waals surface area contributed by atoms with Gasteiger partial charge in [0.2, 0.25) is 0 Å². The van der Waals surface area contributed by atoms with E-state index in [4.69, 9.17) is 0 Å². The summed E-state index contributed by atoms with van der Waals surface area (Å²) in [5, 5.41) is 3.28. The average molecular weight is 260 g/mol. The van der Waals surface area contributed by atoms with Crippen LogP contribution in [0.3, 0.4) is 0 Å². The van der Waals surface area contributed by atoms with Crippen molar-refractivity contribution in [3.8, 4) is 0 Å². The molecule has 1 rings (SSSR count). The highest BCUT2D eigenvalue weighted by molar-refractivity contribution is 5.20. The molecule has 1 heterocycles. The summed E-state index contributed by atoms with van der Waals surface area (Å²) in [7, 11) is 0. The first kappa shape index (κ1) is 15.0. The maximum Gasteiger partial charge on any atom is 0.417 e. The molecule has 1 aromatic rings. The maximum atomic E-state index is 12.4. The van der Waals surface area contributed by atoms with Crippen molar-refractivity contribution in [2.24, 2.45) is 0 Å². The van der Waals surface area contributed by atoms with Gasteiger partial charge < -0.3 is 5.32 Å². The Morgan fingerprint density at radius 2 is 1.94 bits per heavy atom. The predicted molar refractivity (Wildman–Crippen MR) is 65.4 cm³/mol. The molecule has 0 aromatic carbocycles. The topological polar surface area (TPSA) is 24.9 Å². The highest BCUT2D eigenvalue weighted by Crippen LogP contribution is 2.30. The van der Waals surface area contributed by atoms with Crippen LogP contribution in [-0.4, -0.2) is 17.6 Å². The minimum absolute atomic E-state index is 0.132. The van der Waals surface area contributed by atoms with Crippen molar-refractivity contribution in [2.75, 3.05) is 6.54 Å². The molecule has 5 heteroatoms. The highest BCUT2D eigenvalue weighted by atomic mass is 19.4. The van der Waals surface area contributed by atoms with Gasteiger partial charge in [0.05, 0.1) is 5.56 Å². The molecule has 0 fully saturated rings. The zero-order valence-corrected chi connectivity index (χ0v) is 10.9. The van der Waals surface area contributed by atoms with Crippen molar-refractivity contribution in [1.82, 2.24) is 10.3 Å². The van der Waals surface area contributed by atoms with E-state index in [9.17, 15) is 13.2 Å². The van der Waals surface area contributed by atoms with Gasteiger partial charge in [-0.05, 0) is 32.0 Å². The van der Waals surface area contributed by atoms with E-state index < -0.39 is 11.7 Å². The highest BCUT2D eigenvalue weighted by Gasteiger charge is 2.31. The molecule has 0 saturated heterocycles. The first-order valence-corrected chi connectivity index (χ1v) is 6.16. The molecular formula is C13H19F3N2. The fraction of sp³-hybridized carbons (Fsp3) is 0.615. The first-order valence-electron chi connectivity index (χ1n) is 6.16. The molecule has 0 aliphatic rings. The molecule has 1 N–H and O–H groups in total. The second kappa shape index (κ2) is 6.18. The van der Waals surface area contributed by atoms with E-state index in [0.717, 1.165) is 25.2 Å². The maximum absolute atomic E-state index is 12.4. The van der Waals surface area contributed by atoms with Crippen LogP contribution in [-0.2, 0) is 6.18 Å². The number of hydrogen-bond acceptors (Lipinski definition) is 2. The van der Waals surface area contributed by atoms with Crippen molar-refractivity contribution in [3.63, 3.8) is 0 Å². The van der Waals surface area contributed by atoms with Gasteiger partial charge in [0.1, 0.15) is 0 Å². The molecule has 0 aliphatic carbocycles. The van der Waals surface area contributed by atoms with Crippen molar-refractivity contribution < 1.29 is 13.2 Å². The van der Waals surface area contributed by atoms with Gasteiger partial charge in [0.25, 0.3) is 0 Å². The Bertz CT molecular complexity index is 359. The lowest BCUT2D eigenvalue weighted by Crippen LogP contribution is -2.32. The molecule has 102 valence electrons. The van der Waals surface area contributed by atoms with E-state index in [-0.39, 0.29) is 12.0 Å². The number of alkyl halides is 3. The van der Waals surface area contributed by atoms with Gasteiger partial charge in [-0.1, -0.05) is 13.8 Å². The summed E-state index contributed by atoms with van der Waals surface area (Å²) in [6.07, 6.45) is -2.57. The van der Waals surface area contributed by atoms with E-state index in [1.54, 1.807) is 0 Å². The number of halogens is 3. The molecule has 2 nitrogen and oxygen atoms in total. The van der Waals surface area contributed by atoms with Crippen molar-refractivity contribution >= 4 is 0 Å². The quantitative estimate of drug-likeness (QED) is 0.875. The summed E-state index contributed by atoms with van der Waals surface area (Å²) in [5.74, 6) is 0.132. The molecule has 0 bridgehead atoms. The zero-order valence-electron chi connectivity index (χ0n) is 10.9. The van der Waals surface area contributed by atoms with E-state index in [2.05, 4.69) is 10.3 Å². The minimum Gasteiger partial charge on any atom is -0.314 e. The molecule has 2 unspecified atom stereocenters. The van der Waals surface area contributed by atoms with Crippen molar-refractivity contribution in [1.29, 1.82) is 0 Å². The van der Waals surface area contributed by atoms with Gasteiger partial charge in [0.15, 0.2) is 0 Å². The van der Waals surface area contributed by atoms with Crippen LogP contribution >= 0.6 is 0 Å². The first-order chi connectivity index (χ1) is 8.40. The summed E-state index contributed by atoms with van der Waals surface area (Å²) in [5.41, 5.74) is 0.0103. The lowest BCUT2D eigenvalue weighted by Gasteiger charge is -2.23. The predicted octanol–water partition coefficient (Wildman–Crippen LogP) is 3.59. The lowest BCUT2D eigenvalue weighted by atomic mass is 9.93. The Balaban J connectivity index is 2.88. The Morgan fingerprint density at radius 1 is 1.28 bits per heavy atom. The standard InChI is InChI=1S/C13H19F3N2/c1-4-11(9(3)17-5-2)12-7-6-10(8-18-12)13(14,15)16/h6-9,11,17H,4-5H2,1-3H3. The van der Waals surface area contributed by atoms with E-state index >= 15 is 0 Å². The SMILES string of the molecule is CCNC(C)C(CC)c1ccc(C(F)(F)F)cn1. The Morgan fingerprint density at radius 3 is 2.33 bits per heavy atom. The molecule has 0 amide bonds. The summed E-state index contributed by atoms with van der Waals surface area (Å²) in [4.78, 5) is 3.96. The second-order valence-corrected chi connectivity index (χ2v) is 4.33. The van der Waals surface area contributed by atoms with Crippen LogP contribution in [0.25, 0.3) is 0 Å². The van der Waals surface area contributed by atoms with Crippen LogP contribution in [0.4, 0.5) is 13.2 Å². The smallest absolute Gasteiger partial charge is 0.314 e. The number of rotatable bonds is 5. The number of hydrogen-bond donors (Lipinski definition) is 1. The van der Waals surface area contributed by atoms with E-state index in [0.29, 0.717) is 5.69 Å². The van der Waals surface area contributed by atoms with Crippen molar-refractivity contribution in [3.05, 3.63) is 29.6 Å². The Kier molecular flexibility index (Phi) is 5.14. The molecule has 1 aromatic heterocycles. The van der Waals surface area contributed by atoms with E-state index in [1.165, 1.54) is 6.07 Å². The normalized spacial score (nSPS) is 15.4. The van der Waals surface area contributed by atoms with Crippen LogP contribution in [0.5, 0.6) is 0 Å². The third-order valence-corrected chi connectivity index (χ3v) is 3.06. The van der Waals surface area contributed by atoms with Crippen molar-refractivity contribution in [2.45, 2.75) is 45.3 Å². The molecule has 0 saturated carbocycles. The van der Waals surface area contributed by atoms with Crippen LogP contribution < -0.4 is 5.32 Å². The second-order valence-electron chi connectivity index (χ2n) is 4.33. The number of nitrogens with one attached hydrogen (secondary N) is 1. The number of pyridine rings is 1. The van der Waals surface area contributed by atoms with Gasteiger partial charge in [-0.2, -0.15) is 13.2 Å². The van der Waals surface area contributed by atoms with Gasteiger partial charge in [-0.3, -0.25) is 4.98 Å². The van der Waals surface area contributed by atoms with Crippen LogP contribution in [0.2, 0.25) is 0 Å². The molecule has 18 heavy (non-hydrogen) atoms. The van der Waals surface area contributed by atoms with Crippen LogP contribution in [0, 0.1) is 0 Å². The van der Waals surface area contributed by atoms with E-state index in [1.807, 2.05) is 20.8 Å². The van der Waals surface area contributed by atoms with Gasteiger partial charge in [-0.15, -0.1) is 0 Å². The third kappa shape index (κ3) is 3.70. The van der Waals surface area contributed by atoms with Crippen LogP contribution in [0.15, 0.2) is 18.3 Å². The average Bonchev–Trinajstić information content (AvgIpc) is 2.30. The van der Waals surface area contributed by atoms with Gasteiger partial charge in [-0.25, -0.2) is 0 Å². The molecular weight excluding hydrogens is 241 g/mol. The summed E-state index contributed by atoms with van der Waals surface area (Å²) in [6.45, 7) is 6.87. The van der Waals surface area contributed by atoms with Crippen LogP contribution in [0.1, 0.15) is 44.4 Å². The monoisotopic (exact) mass is 260 g/mol. The summed E-state index contributed by atoms with van der Waals surface area (Å²) < 4.78 is 37.3. The number of aromatic nitrogens is 1. The molecule has 2 atom stereocenters. The van der Waals surface area contributed by atoms with Gasteiger partial charge >= 0.3 is 6.18 Å². The number of nitrogens with zero attached hydrogens (tertiary/aromatic N) is 1. The zero-order chi connectivity index (χ0) is 13.8. The molecule has 0 spiro atoms. The Hall–Kier alpha value is -1.10. The largest absolute Gasteiger partial charge is 0.417 e. The fourth-order valence-corrected chi connectivity index (χ4v) is 2.08. The molecule has 0 aliphatic heterocycles. The van der Waals surface area contributed by atoms with Gasteiger partial charge in [0, 0.05) is 23.9 Å². The minimum atomic E-state index is -4.32.